The highest BCUT2D eigenvalue weighted by Crippen LogP contribution is 2.29. The molecule has 0 amide bonds. The van der Waals surface area contributed by atoms with Crippen LogP contribution in [0, 0.1) is 11.6 Å². The Bertz CT molecular complexity index is 529. The molecule has 1 aromatic carbocycles. The van der Waals surface area contributed by atoms with Crippen LogP contribution in [0.1, 0.15) is 11.7 Å². The van der Waals surface area contributed by atoms with Crippen molar-refractivity contribution in [1.82, 2.24) is 10.2 Å². The molecule has 0 bridgehead atoms. The third kappa shape index (κ3) is 2.95. The van der Waals surface area contributed by atoms with Crippen molar-refractivity contribution in [3.8, 4) is 0 Å². The number of benzene rings is 1. The van der Waals surface area contributed by atoms with Gasteiger partial charge in [-0.1, -0.05) is 29.2 Å². The molecule has 0 saturated heterocycles. The lowest BCUT2D eigenvalue weighted by atomic mass is 10.1. The summed E-state index contributed by atoms with van der Waals surface area (Å²) in [6.45, 7) is 0. The number of hydrogen-bond acceptors (Lipinski definition) is 6. The molecule has 18 heavy (non-hydrogen) atoms. The molecule has 2 aromatic rings. The first-order valence-electron chi connectivity index (χ1n) is 4.91. The first-order chi connectivity index (χ1) is 8.58. The van der Waals surface area contributed by atoms with E-state index >= 15 is 0 Å². The number of hydrogen-bond donors (Lipinski definition) is 2. The zero-order chi connectivity index (χ0) is 13.1. The summed E-state index contributed by atoms with van der Waals surface area (Å²) >= 11 is 2.30. The van der Waals surface area contributed by atoms with Crippen LogP contribution in [0.25, 0.3) is 0 Å². The highest BCUT2D eigenvalue weighted by atomic mass is 32.2. The van der Waals surface area contributed by atoms with Crippen molar-refractivity contribution in [3.05, 3.63) is 35.4 Å². The zero-order valence-corrected chi connectivity index (χ0v) is 10.6. The summed E-state index contributed by atoms with van der Waals surface area (Å²) in [6, 6.07) is 3.46. The molecule has 0 radical (unpaired) electrons. The van der Waals surface area contributed by atoms with Gasteiger partial charge in [-0.2, -0.15) is 0 Å². The second kappa shape index (κ2) is 5.59. The maximum atomic E-state index is 13.4. The highest BCUT2D eigenvalue weighted by Gasteiger charge is 2.18. The first-order valence-corrected chi connectivity index (χ1v) is 6.72. The molecule has 4 nitrogen and oxygen atoms in total. The molecule has 0 aliphatic heterocycles. The topological polar surface area (TPSA) is 72.0 Å². The Morgan fingerprint density at radius 3 is 2.56 bits per heavy atom. The zero-order valence-electron chi connectivity index (χ0n) is 9.01. The minimum atomic E-state index is -1.25. The molecule has 8 heteroatoms. The van der Waals surface area contributed by atoms with E-state index in [0.717, 1.165) is 35.2 Å². The SMILES string of the molecule is Nc1nnc(SCC(O)c2c(F)cccc2F)s1. The maximum absolute atomic E-state index is 13.4. The molecule has 3 N–H and O–H groups in total. The second-order valence-electron chi connectivity index (χ2n) is 3.37. The van der Waals surface area contributed by atoms with Gasteiger partial charge in [0, 0.05) is 5.75 Å². The van der Waals surface area contributed by atoms with Crippen LogP contribution in [0.3, 0.4) is 0 Å². The van der Waals surface area contributed by atoms with E-state index in [1.807, 2.05) is 0 Å². The van der Waals surface area contributed by atoms with E-state index in [1.54, 1.807) is 0 Å². The highest BCUT2D eigenvalue weighted by molar-refractivity contribution is 8.01. The molecular formula is C10H9F2N3OS2. The number of halogens is 2. The summed E-state index contributed by atoms with van der Waals surface area (Å²) in [5.74, 6) is -1.45. The van der Waals surface area contributed by atoms with Crippen molar-refractivity contribution in [3.63, 3.8) is 0 Å². The van der Waals surface area contributed by atoms with Crippen molar-refractivity contribution in [2.45, 2.75) is 10.4 Å². The van der Waals surface area contributed by atoms with E-state index < -0.39 is 17.7 Å². The number of rotatable bonds is 4. The van der Waals surface area contributed by atoms with Gasteiger partial charge in [-0.3, -0.25) is 0 Å². The predicted octanol–water partition coefficient (Wildman–Crippen LogP) is 2.22. The number of aromatic nitrogens is 2. The van der Waals surface area contributed by atoms with Gasteiger partial charge in [0.1, 0.15) is 11.6 Å². The Morgan fingerprint density at radius 2 is 2.00 bits per heavy atom. The molecule has 1 unspecified atom stereocenters. The summed E-state index contributed by atoms with van der Waals surface area (Å²) in [4.78, 5) is 0. The van der Waals surface area contributed by atoms with E-state index in [2.05, 4.69) is 10.2 Å². The van der Waals surface area contributed by atoms with Gasteiger partial charge < -0.3 is 10.8 Å². The van der Waals surface area contributed by atoms with E-state index in [-0.39, 0.29) is 11.3 Å². The van der Waals surface area contributed by atoms with Gasteiger partial charge in [0.2, 0.25) is 5.13 Å². The Hall–Kier alpha value is -1.25. The van der Waals surface area contributed by atoms with Crippen LogP contribution >= 0.6 is 23.1 Å². The molecule has 0 aliphatic rings. The van der Waals surface area contributed by atoms with Crippen LogP contribution in [0.4, 0.5) is 13.9 Å². The van der Waals surface area contributed by atoms with Crippen LogP contribution in [0.5, 0.6) is 0 Å². The fraction of sp³-hybridized carbons (Fsp3) is 0.200. The maximum Gasteiger partial charge on any atom is 0.203 e. The average molecular weight is 289 g/mol. The normalized spacial score (nSPS) is 12.6. The molecule has 0 saturated carbocycles. The quantitative estimate of drug-likeness (QED) is 0.844. The third-order valence-electron chi connectivity index (χ3n) is 2.12. The number of nitrogen functional groups attached to an aromatic ring is 1. The van der Waals surface area contributed by atoms with Crippen LogP contribution in [-0.4, -0.2) is 21.1 Å². The summed E-state index contributed by atoms with van der Waals surface area (Å²) in [5.41, 5.74) is 5.06. The van der Waals surface area contributed by atoms with Crippen molar-refractivity contribution in [1.29, 1.82) is 0 Å². The molecule has 1 aromatic heterocycles. The van der Waals surface area contributed by atoms with Gasteiger partial charge in [0.25, 0.3) is 0 Å². The minimum absolute atomic E-state index is 0.0759. The summed E-state index contributed by atoms with van der Waals surface area (Å²) in [6.07, 6.45) is -1.25. The fourth-order valence-corrected chi connectivity index (χ4v) is 2.95. The second-order valence-corrected chi connectivity index (χ2v) is 5.64. The van der Waals surface area contributed by atoms with Gasteiger partial charge in [-0.15, -0.1) is 10.2 Å². The first kappa shape index (κ1) is 13.2. The van der Waals surface area contributed by atoms with Crippen molar-refractivity contribution in [2.24, 2.45) is 0 Å². The predicted molar refractivity (Wildman–Crippen MR) is 66.4 cm³/mol. The van der Waals surface area contributed by atoms with Crippen molar-refractivity contribution in [2.75, 3.05) is 11.5 Å². The van der Waals surface area contributed by atoms with Crippen LogP contribution < -0.4 is 5.73 Å². The number of aliphatic hydroxyl groups excluding tert-OH is 1. The van der Waals surface area contributed by atoms with E-state index in [4.69, 9.17) is 5.73 Å². The number of nitrogens with zero attached hydrogens (tertiary/aromatic N) is 2. The molecular weight excluding hydrogens is 280 g/mol. The molecule has 2 rings (SSSR count). The molecule has 0 aliphatic carbocycles. The number of aliphatic hydroxyl groups is 1. The fourth-order valence-electron chi connectivity index (χ4n) is 1.34. The molecule has 96 valence electrons. The molecule has 0 spiro atoms. The average Bonchev–Trinajstić information content (AvgIpc) is 2.72. The van der Waals surface area contributed by atoms with Gasteiger partial charge in [0.05, 0.1) is 11.7 Å². The Labute approximate surface area is 110 Å². The lowest BCUT2D eigenvalue weighted by Crippen LogP contribution is -2.06. The summed E-state index contributed by atoms with van der Waals surface area (Å²) in [5, 5.41) is 17.4. The Balaban J connectivity index is 2.06. The largest absolute Gasteiger partial charge is 0.387 e. The van der Waals surface area contributed by atoms with Crippen LogP contribution in [0.2, 0.25) is 0 Å². The van der Waals surface area contributed by atoms with Crippen molar-refractivity contribution < 1.29 is 13.9 Å². The number of anilines is 1. The number of nitrogens with two attached hydrogens (primary N) is 1. The van der Waals surface area contributed by atoms with Gasteiger partial charge in [-0.05, 0) is 12.1 Å². The summed E-state index contributed by atoms with van der Waals surface area (Å²) < 4.78 is 27.3. The summed E-state index contributed by atoms with van der Waals surface area (Å²) in [7, 11) is 0. The Morgan fingerprint density at radius 1 is 1.33 bits per heavy atom. The minimum Gasteiger partial charge on any atom is -0.387 e. The van der Waals surface area contributed by atoms with Gasteiger partial charge in [-0.25, -0.2) is 8.78 Å². The van der Waals surface area contributed by atoms with E-state index in [0.29, 0.717) is 9.47 Å². The monoisotopic (exact) mass is 289 g/mol. The lowest BCUT2D eigenvalue weighted by Gasteiger charge is -2.11. The Kier molecular flexibility index (Phi) is 4.10. The van der Waals surface area contributed by atoms with Crippen molar-refractivity contribution >= 4 is 28.2 Å². The third-order valence-corrected chi connectivity index (χ3v) is 4.08. The van der Waals surface area contributed by atoms with Crippen LogP contribution in [0.15, 0.2) is 22.5 Å². The standard InChI is InChI=1S/C10H9F2N3OS2/c11-5-2-1-3-6(12)8(5)7(16)4-17-10-15-14-9(13)18-10/h1-3,7,16H,4H2,(H2,13,14). The van der Waals surface area contributed by atoms with Crippen LogP contribution in [-0.2, 0) is 0 Å². The van der Waals surface area contributed by atoms with E-state index in [1.165, 1.54) is 6.07 Å². The number of thioether (sulfide) groups is 1. The smallest absolute Gasteiger partial charge is 0.203 e. The van der Waals surface area contributed by atoms with E-state index in [9.17, 15) is 13.9 Å². The lowest BCUT2D eigenvalue weighted by molar-refractivity contribution is 0.193. The molecule has 1 heterocycles. The molecule has 1 atom stereocenters. The van der Waals surface area contributed by atoms with Gasteiger partial charge >= 0.3 is 0 Å². The molecule has 0 fully saturated rings. The van der Waals surface area contributed by atoms with Gasteiger partial charge in [0.15, 0.2) is 4.34 Å².